The van der Waals surface area contributed by atoms with E-state index >= 15 is 0 Å². The number of aromatic nitrogens is 4. The Labute approximate surface area is 175 Å². The summed E-state index contributed by atoms with van der Waals surface area (Å²) in [5.74, 6) is -1.31. The van der Waals surface area contributed by atoms with Crippen LogP contribution in [0.5, 0.6) is 0 Å². The van der Waals surface area contributed by atoms with Gasteiger partial charge in [-0.2, -0.15) is 4.98 Å². The van der Waals surface area contributed by atoms with Crippen LogP contribution in [-0.2, 0) is 16.1 Å². The summed E-state index contributed by atoms with van der Waals surface area (Å²) in [6.07, 6.45) is -0.329. The highest BCUT2D eigenvalue weighted by atomic mass is 16.6. The van der Waals surface area contributed by atoms with Crippen molar-refractivity contribution >= 4 is 29.2 Å². The zero-order chi connectivity index (χ0) is 21.8. The fourth-order valence-corrected chi connectivity index (χ4v) is 3.09. The molecule has 2 heterocycles. The molecule has 2 aromatic carbocycles. The van der Waals surface area contributed by atoms with Crippen molar-refractivity contribution in [2.24, 2.45) is 0 Å². The van der Waals surface area contributed by atoms with Crippen molar-refractivity contribution in [2.75, 3.05) is 5.32 Å². The minimum atomic E-state index is -1.12. The predicted molar refractivity (Wildman–Crippen MR) is 111 cm³/mol. The first kappa shape index (κ1) is 19.8. The van der Waals surface area contributed by atoms with Gasteiger partial charge in [0.15, 0.2) is 17.3 Å². The molecule has 10 heteroatoms. The monoisotopic (exact) mass is 419 g/mol. The molecule has 31 heavy (non-hydrogen) atoms. The van der Waals surface area contributed by atoms with Crippen LogP contribution in [0.25, 0.3) is 11.2 Å². The molecular weight excluding hydrogens is 402 g/mol. The largest absolute Gasteiger partial charge is 0.480 e. The third kappa shape index (κ3) is 4.42. The number of amides is 1. The number of carbonyl (C=O) groups is 2. The fraction of sp³-hybridized carbons (Fsp3) is 0.0952. The molecule has 156 valence electrons. The van der Waals surface area contributed by atoms with Gasteiger partial charge in [0.2, 0.25) is 5.95 Å². The molecule has 0 aliphatic carbocycles. The number of hydrogen-bond donors (Lipinski definition) is 3. The van der Waals surface area contributed by atoms with E-state index in [1.807, 2.05) is 60.7 Å². The Morgan fingerprint density at radius 2 is 1.68 bits per heavy atom. The second kappa shape index (κ2) is 8.49. The number of nitrogens with zero attached hydrogens (tertiary/aromatic N) is 3. The summed E-state index contributed by atoms with van der Waals surface area (Å²) in [5.41, 5.74) is 0.906. The summed E-state index contributed by atoms with van der Waals surface area (Å²) in [6.45, 7) is -0.430. The van der Waals surface area contributed by atoms with Crippen molar-refractivity contribution in [3.63, 3.8) is 0 Å². The van der Waals surface area contributed by atoms with Crippen LogP contribution in [-0.4, -0.2) is 36.7 Å². The quantitative estimate of drug-likeness (QED) is 0.436. The van der Waals surface area contributed by atoms with Crippen LogP contribution in [0, 0.1) is 0 Å². The average Bonchev–Trinajstić information content (AvgIpc) is 3.16. The second-order valence-electron chi connectivity index (χ2n) is 6.58. The normalized spacial score (nSPS) is 10.9. The molecule has 1 amide bonds. The van der Waals surface area contributed by atoms with Gasteiger partial charge >= 0.3 is 12.1 Å². The molecule has 4 aromatic rings. The van der Waals surface area contributed by atoms with Gasteiger partial charge in [-0.25, -0.2) is 9.78 Å². The number of ether oxygens (including phenoxy) is 1. The predicted octanol–water partition coefficient (Wildman–Crippen LogP) is 2.54. The van der Waals surface area contributed by atoms with E-state index in [-0.39, 0.29) is 17.1 Å². The maximum Gasteiger partial charge on any atom is 0.414 e. The SMILES string of the molecule is O=C(O)Cn1cnc2c(=O)[nH]c(NC(=O)OC(c3ccccc3)c3ccccc3)nc21. The highest BCUT2D eigenvalue weighted by Gasteiger charge is 2.20. The molecule has 0 aliphatic rings. The Kier molecular flexibility index (Phi) is 5.43. The van der Waals surface area contributed by atoms with Crippen molar-refractivity contribution in [1.29, 1.82) is 0 Å². The van der Waals surface area contributed by atoms with E-state index in [0.717, 1.165) is 11.1 Å². The number of fused-ring (bicyclic) bond motifs is 1. The van der Waals surface area contributed by atoms with Crippen LogP contribution in [0.2, 0.25) is 0 Å². The number of carbonyl (C=O) groups excluding carboxylic acids is 1. The zero-order valence-corrected chi connectivity index (χ0v) is 16.1. The van der Waals surface area contributed by atoms with E-state index in [9.17, 15) is 14.4 Å². The third-order valence-corrected chi connectivity index (χ3v) is 4.43. The summed E-state index contributed by atoms with van der Waals surface area (Å²) < 4.78 is 6.82. The van der Waals surface area contributed by atoms with Crippen molar-refractivity contribution in [1.82, 2.24) is 19.5 Å². The molecule has 0 radical (unpaired) electrons. The lowest BCUT2D eigenvalue weighted by molar-refractivity contribution is -0.137. The molecule has 0 fully saturated rings. The van der Waals surface area contributed by atoms with E-state index < -0.39 is 30.3 Å². The molecule has 10 nitrogen and oxygen atoms in total. The van der Waals surface area contributed by atoms with Gasteiger partial charge in [-0.15, -0.1) is 0 Å². The number of rotatable bonds is 6. The molecule has 0 atom stereocenters. The number of hydrogen-bond acceptors (Lipinski definition) is 6. The number of H-pyrrole nitrogens is 1. The van der Waals surface area contributed by atoms with E-state index in [1.54, 1.807) is 0 Å². The van der Waals surface area contributed by atoms with Gasteiger partial charge in [-0.05, 0) is 11.1 Å². The van der Waals surface area contributed by atoms with E-state index in [0.29, 0.717) is 0 Å². The minimum Gasteiger partial charge on any atom is -0.480 e. The first-order valence-electron chi connectivity index (χ1n) is 9.26. The van der Waals surface area contributed by atoms with Crippen LogP contribution in [0.1, 0.15) is 17.2 Å². The summed E-state index contributed by atoms with van der Waals surface area (Å²) in [4.78, 5) is 46.2. The molecule has 0 saturated carbocycles. The van der Waals surface area contributed by atoms with Gasteiger partial charge in [0.25, 0.3) is 5.56 Å². The smallest absolute Gasteiger partial charge is 0.414 e. The molecule has 4 rings (SSSR count). The Balaban J connectivity index is 1.60. The number of carboxylic acid groups (broad SMARTS) is 1. The van der Waals surface area contributed by atoms with Crippen LogP contribution in [0.15, 0.2) is 71.8 Å². The third-order valence-electron chi connectivity index (χ3n) is 4.43. The lowest BCUT2D eigenvalue weighted by Gasteiger charge is -2.19. The number of carboxylic acids is 1. The average molecular weight is 419 g/mol. The summed E-state index contributed by atoms with van der Waals surface area (Å²) in [5, 5.41) is 11.4. The van der Waals surface area contributed by atoms with Crippen LogP contribution < -0.4 is 10.9 Å². The van der Waals surface area contributed by atoms with Gasteiger partial charge in [0.1, 0.15) is 6.54 Å². The number of nitrogens with one attached hydrogen (secondary N) is 2. The van der Waals surface area contributed by atoms with Gasteiger partial charge < -0.3 is 14.4 Å². The van der Waals surface area contributed by atoms with Gasteiger partial charge in [-0.3, -0.25) is 19.9 Å². The Bertz CT molecular complexity index is 1240. The number of anilines is 1. The summed E-state index contributed by atoms with van der Waals surface area (Å²) >= 11 is 0. The topological polar surface area (TPSA) is 139 Å². The highest BCUT2D eigenvalue weighted by molar-refractivity contribution is 5.84. The fourth-order valence-electron chi connectivity index (χ4n) is 3.09. The van der Waals surface area contributed by atoms with Crippen molar-refractivity contribution in [3.8, 4) is 0 Å². The van der Waals surface area contributed by atoms with Crippen molar-refractivity contribution < 1.29 is 19.4 Å². The van der Waals surface area contributed by atoms with Crippen molar-refractivity contribution in [2.45, 2.75) is 12.6 Å². The minimum absolute atomic E-state index is 0.0316. The number of imidazole rings is 1. The molecule has 2 aromatic heterocycles. The van der Waals surface area contributed by atoms with E-state index in [4.69, 9.17) is 9.84 Å². The van der Waals surface area contributed by atoms with Gasteiger partial charge in [0, 0.05) is 0 Å². The summed E-state index contributed by atoms with van der Waals surface area (Å²) in [6, 6.07) is 18.4. The van der Waals surface area contributed by atoms with E-state index in [1.165, 1.54) is 10.9 Å². The Morgan fingerprint density at radius 3 is 2.26 bits per heavy atom. The lowest BCUT2D eigenvalue weighted by Crippen LogP contribution is -2.22. The van der Waals surface area contributed by atoms with Crippen LogP contribution in [0.3, 0.4) is 0 Å². The van der Waals surface area contributed by atoms with Gasteiger partial charge in [-0.1, -0.05) is 60.7 Å². The molecular formula is C21H17N5O5. The van der Waals surface area contributed by atoms with Crippen LogP contribution in [0.4, 0.5) is 10.7 Å². The highest BCUT2D eigenvalue weighted by Crippen LogP contribution is 2.26. The second-order valence-corrected chi connectivity index (χ2v) is 6.58. The maximum absolute atomic E-state index is 12.6. The number of benzene rings is 2. The van der Waals surface area contributed by atoms with E-state index in [2.05, 4.69) is 20.3 Å². The first-order valence-corrected chi connectivity index (χ1v) is 9.26. The Morgan fingerprint density at radius 1 is 1.06 bits per heavy atom. The molecule has 0 aliphatic heterocycles. The standard InChI is InChI=1S/C21H17N5O5/c27-15(28)11-26-12-22-16-18(26)23-20(24-19(16)29)25-21(30)31-17(13-7-3-1-4-8-13)14-9-5-2-6-10-14/h1-10,12,17H,11H2,(H,27,28)(H2,23,24,25,29,30). The molecule has 0 saturated heterocycles. The molecule has 0 bridgehead atoms. The molecule has 3 N–H and O–H groups in total. The summed E-state index contributed by atoms with van der Waals surface area (Å²) in [7, 11) is 0. The van der Waals surface area contributed by atoms with Crippen molar-refractivity contribution in [3.05, 3.63) is 88.5 Å². The van der Waals surface area contributed by atoms with Crippen LogP contribution >= 0.6 is 0 Å². The first-order chi connectivity index (χ1) is 15.0. The maximum atomic E-state index is 12.6. The molecule has 0 spiro atoms. The zero-order valence-electron chi connectivity index (χ0n) is 16.1. The lowest BCUT2D eigenvalue weighted by atomic mass is 10.0. The Hall–Kier alpha value is -4.47. The number of aromatic amines is 1. The number of aliphatic carboxylic acids is 1. The molecule has 0 unspecified atom stereocenters. The van der Waals surface area contributed by atoms with Gasteiger partial charge in [0.05, 0.1) is 6.33 Å².